The van der Waals surface area contributed by atoms with Crippen molar-refractivity contribution in [2.24, 2.45) is 34.0 Å². The first-order chi connectivity index (χ1) is 12.0. The second-order valence-electron chi connectivity index (χ2n) is 10.3. The van der Waals surface area contributed by atoms with Crippen molar-refractivity contribution in [3.63, 3.8) is 0 Å². The summed E-state index contributed by atoms with van der Waals surface area (Å²) in [4.78, 5) is 24.8. The Hall–Kier alpha value is -0.380. The minimum atomic E-state index is -0.178. The molecule has 0 unspecified atom stereocenters. The topological polar surface area (TPSA) is 43.4 Å². The van der Waals surface area contributed by atoms with Crippen LogP contribution in [0.2, 0.25) is 0 Å². The monoisotopic (exact) mass is 426 g/mol. The largest absolute Gasteiger partial charge is 0.462 e. The summed E-state index contributed by atoms with van der Waals surface area (Å²) in [6.07, 6.45) is 6.26. The third-order valence-corrected chi connectivity index (χ3v) is 9.51. The Morgan fingerprint density at radius 2 is 1.85 bits per heavy atom. The van der Waals surface area contributed by atoms with E-state index in [0.29, 0.717) is 23.5 Å². The van der Waals surface area contributed by atoms with Crippen LogP contribution < -0.4 is 0 Å². The highest BCUT2D eigenvalue weighted by molar-refractivity contribution is 9.10. The lowest BCUT2D eigenvalue weighted by Crippen LogP contribution is -2.62. The van der Waals surface area contributed by atoms with Crippen molar-refractivity contribution in [1.29, 1.82) is 0 Å². The van der Waals surface area contributed by atoms with E-state index in [1.54, 1.807) is 0 Å². The average molecular weight is 427 g/mol. The average Bonchev–Trinajstić information content (AvgIpc) is 2.54. The van der Waals surface area contributed by atoms with Gasteiger partial charge >= 0.3 is 5.97 Å². The molecule has 0 aromatic carbocycles. The molecule has 148 valence electrons. The SMILES string of the molecule is CC[C@@]1(C)C[C@H]2CC[C@@H]3C(C)(C)[C@@H](OC(C)=O)CC[C@@]3(C)[C@@H]2[C@H](Br)C1=O. The van der Waals surface area contributed by atoms with Crippen LogP contribution in [0, 0.1) is 34.0 Å². The number of carbonyl (C=O) groups excluding carboxylic acids is 2. The van der Waals surface area contributed by atoms with Gasteiger partial charge in [0.15, 0.2) is 5.78 Å². The van der Waals surface area contributed by atoms with E-state index in [1.807, 2.05) is 0 Å². The number of ketones is 1. The molecule has 0 radical (unpaired) electrons. The second kappa shape index (κ2) is 6.60. The first kappa shape index (κ1) is 20.4. The van der Waals surface area contributed by atoms with Gasteiger partial charge in [0.25, 0.3) is 0 Å². The molecule has 7 atom stereocenters. The van der Waals surface area contributed by atoms with Gasteiger partial charge in [0.05, 0.1) is 4.83 Å². The van der Waals surface area contributed by atoms with Crippen molar-refractivity contribution in [3.05, 3.63) is 0 Å². The maximum atomic E-state index is 13.2. The van der Waals surface area contributed by atoms with Crippen molar-refractivity contribution >= 4 is 27.7 Å². The maximum absolute atomic E-state index is 13.2. The molecule has 0 heterocycles. The fourth-order valence-electron chi connectivity index (χ4n) is 6.97. The van der Waals surface area contributed by atoms with E-state index in [2.05, 4.69) is 50.5 Å². The minimum Gasteiger partial charge on any atom is -0.462 e. The van der Waals surface area contributed by atoms with Crippen LogP contribution in [0.4, 0.5) is 0 Å². The van der Waals surface area contributed by atoms with E-state index in [-0.39, 0.29) is 33.1 Å². The van der Waals surface area contributed by atoms with Crippen LogP contribution in [0.15, 0.2) is 0 Å². The zero-order valence-corrected chi connectivity index (χ0v) is 18.8. The van der Waals surface area contributed by atoms with Crippen LogP contribution in [-0.4, -0.2) is 22.7 Å². The fraction of sp³-hybridized carbons (Fsp3) is 0.909. The smallest absolute Gasteiger partial charge is 0.302 e. The number of esters is 1. The van der Waals surface area contributed by atoms with Gasteiger partial charge < -0.3 is 4.74 Å². The molecule has 3 fully saturated rings. The quantitative estimate of drug-likeness (QED) is 0.429. The number of alkyl halides is 1. The molecule has 3 nitrogen and oxygen atoms in total. The minimum absolute atomic E-state index is 0.0106. The van der Waals surface area contributed by atoms with Crippen LogP contribution in [0.3, 0.4) is 0 Å². The van der Waals surface area contributed by atoms with Gasteiger partial charge in [-0.2, -0.15) is 0 Å². The molecule has 26 heavy (non-hydrogen) atoms. The van der Waals surface area contributed by atoms with Crippen molar-refractivity contribution in [2.75, 3.05) is 0 Å². The van der Waals surface area contributed by atoms with Gasteiger partial charge in [-0.05, 0) is 61.7 Å². The van der Waals surface area contributed by atoms with Gasteiger partial charge in [0, 0.05) is 17.8 Å². The van der Waals surface area contributed by atoms with E-state index >= 15 is 0 Å². The highest BCUT2D eigenvalue weighted by atomic mass is 79.9. The Labute approximate surface area is 167 Å². The molecular weight excluding hydrogens is 392 g/mol. The molecule has 3 saturated carbocycles. The summed E-state index contributed by atoms with van der Waals surface area (Å²) >= 11 is 3.87. The van der Waals surface area contributed by atoms with E-state index in [1.165, 1.54) is 19.8 Å². The van der Waals surface area contributed by atoms with Gasteiger partial charge in [-0.3, -0.25) is 9.59 Å². The van der Waals surface area contributed by atoms with Crippen molar-refractivity contribution < 1.29 is 14.3 Å². The molecule has 0 spiro atoms. The van der Waals surface area contributed by atoms with Gasteiger partial charge in [0.2, 0.25) is 0 Å². The summed E-state index contributed by atoms with van der Waals surface area (Å²) in [7, 11) is 0. The Balaban J connectivity index is 1.94. The number of Topliss-reactive ketones (excluding diaryl/α,β-unsaturated/α-hetero) is 1. The number of ether oxygens (including phenoxy) is 1. The molecule has 4 heteroatoms. The van der Waals surface area contributed by atoms with E-state index in [4.69, 9.17) is 4.74 Å². The summed E-state index contributed by atoms with van der Waals surface area (Å²) in [6.45, 7) is 12.8. The van der Waals surface area contributed by atoms with Crippen LogP contribution in [0.25, 0.3) is 0 Å². The van der Waals surface area contributed by atoms with Crippen molar-refractivity contribution in [2.45, 2.75) is 91.0 Å². The molecular formula is C22H35BrO3. The second-order valence-corrected chi connectivity index (χ2v) is 11.3. The Bertz CT molecular complexity index is 600. The summed E-state index contributed by atoms with van der Waals surface area (Å²) in [6, 6.07) is 0. The molecule has 0 aromatic rings. The molecule has 0 saturated heterocycles. The number of fused-ring (bicyclic) bond motifs is 3. The molecule has 3 rings (SSSR count). The lowest BCUT2D eigenvalue weighted by Gasteiger charge is -2.64. The molecule has 0 aromatic heterocycles. The Kier molecular flexibility index (Phi) is 5.17. The Morgan fingerprint density at radius 3 is 2.42 bits per heavy atom. The summed E-state index contributed by atoms with van der Waals surface area (Å²) in [5.41, 5.74) is -0.101. The number of halogens is 1. The van der Waals surface area contributed by atoms with Gasteiger partial charge in [-0.1, -0.05) is 50.5 Å². The number of carbonyl (C=O) groups is 2. The highest BCUT2D eigenvalue weighted by Crippen LogP contribution is 2.66. The molecule has 3 aliphatic rings. The first-order valence-corrected chi connectivity index (χ1v) is 11.2. The van der Waals surface area contributed by atoms with Gasteiger partial charge in [-0.25, -0.2) is 0 Å². The third-order valence-electron chi connectivity index (χ3n) is 8.53. The molecule has 3 aliphatic carbocycles. The number of hydrogen-bond donors (Lipinski definition) is 0. The lowest BCUT2D eigenvalue weighted by atomic mass is 9.42. The van der Waals surface area contributed by atoms with Gasteiger partial charge in [-0.15, -0.1) is 0 Å². The van der Waals surface area contributed by atoms with Crippen LogP contribution >= 0.6 is 15.9 Å². The van der Waals surface area contributed by atoms with Crippen LogP contribution in [-0.2, 0) is 14.3 Å². The lowest BCUT2D eigenvalue weighted by molar-refractivity contribution is -0.188. The van der Waals surface area contributed by atoms with Crippen molar-refractivity contribution in [1.82, 2.24) is 0 Å². The van der Waals surface area contributed by atoms with E-state index in [9.17, 15) is 9.59 Å². The Morgan fingerprint density at radius 1 is 1.19 bits per heavy atom. The number of hydrogen-bond acceptors (Lipinski definition) is 3. The van der Waals surface area contributed by atoms with Gasteiger partial charge in [0.1, 0.15) is 6.10 Å². The van der Waals surface area contributed by atoms with Crippen LogP contribution in [0.1, 0.15) is 80.1 Å². The van der Waals surface area contributed by atoms with Crippen LogP contribution in [0.5, 0.6) is 0 Å². The predicted molar refractivity (Wildman–Crippen MR) is 107 cm³/mol. The molecule has 0 N–H and O–H groups in total. The highest BCUT2D eigenvalue weighted by Gasteiger charge is 2.63. The predicted octanol–water partition coefficient (Wildman–Crippen LogP) is 5.54. The van der Waals surface area contributed by atoms with Crippen molar-refractivity contribution in [3.8, 4) is 0 Å². The maximum Gasteiger partial charge on any atom is 0.302 e. The zero-order chi connectivity index (χ0) is 19.5. The van der Waals surface area contributed by atoms with E-state index < -0.39 is 0 Å². The fourth-order valence-corrected chi connectivity index (χ4v) is 8.56. The normalized spacial score (nSPS) is 47.7. The zero-order valence-electron chi connectivity index (χ0n) is 17.2. The number of rotatable bonds is 2. The standard InChI is InChI=1S/C22H35BrO3/c1-7-21(5)12-14-8-9-15-20(3,4)16(26-13(2)24)10-11-22(15,6)17(14)18(23)19(21)25/h14-18H,7-12H2,1-6H3/t14-,15-,16+,17+,18+,21+,22-/m1/s1. The first-order valence-electron chi connectivity index (χ1n) is 10.3. The summed E-state index contributed by atoms with van der Waals surface area (Å²) in [5, 5.41) is 0. The molecule has 0 amide bonds. The third kappa shape index (κ3) is 2.89. The molecule has 0 aliphatic heterocycles. The molecule has 0 bridgehead atoms. The summed E-state index contributed by atoms with van der Waals surface area (Å²) < 4.78 is 5.72. The summed E-state index contributed by atoms with van der Waals surface area (Å²) in [5.74, 6) is 1.72. The van der Waals surface area contributed by atoms with E-state index in [0.717, 1.165) is 25.7 Å².